The van der Waals surface area contributed by atoms with Gasteiger partial charge in [-0.15, -0.1) is 0 Å². The predicted octanol–water partition coefficient (Wildman–Crippen LogP) is 3.96. The number of nitrogens with zero attached hydrogens (tertiary/aromatic N) is 2. The molecule has 8 heteroatoms. The van der Waals surface area contributed by atoms with E-state index in [9.17, 15) is 19.2 Å². The van der Waals surface area contributed by atoms with E-state index in [4.69, 9.17) is 16.3 Å². The Morgan fingerprint density at radius 1 is 1.00 bits per heavy atom. The van der Waals surface area contributed by atoms with Gasteiger partial charge in [0.05, 0.1) is 11.6 Å². The van der Waals surface area contributed by atoms with Crippen molar-refractivity contribution in [3.05, 3.63) is 52.5 Å². The quantitative estimate of drug-likeness (QED) is 0.396. The first-order valence-electron chi connectivity index (χ1n) is 10.5. The van der Waals surface area contributed by atoms with Crippen molar-refractivity contribution >= 4 is 46.7 Å². The van der Waals surface area contributed by atoms with E-state index in [-0.39, 0.29) is 30.7 Å². The molecule has 0 N–H and O–H groups in total. The normalized spacial score (nSPS) is 19.0. The Labute approximate surface area is 190 Å². The highest BCUT2D eigenvalue weighted by Crippen LogP contribution is 2.33. The lowest BCUT2D eigenvalue weighted by molar-refractivity contribution is -0.139. The summed E-state index contributed by atoms with van der Waals surface area (Å²) in [6.45, 7) is 3.80. The number of esters is 1. The van der Waals surface area contributed by atoms with E-state index in [0.717, 1.165) is 5.56 Å². The van der Waals surface area contributed by atoms with Crippen molar-refractivity contribution in [2.75, 3.05) is 16.3 Å². The van der Waals surface area contributed by atoms with E-state index in [1.807, 2.05) is 6.92 Å². The SMILES string of the molecule is Cc1cc(OC(=O)[C@@H]2CC(=O)N(c3cccc(Cl)c3C)C2)ccc1N1C(=O)CCCC1=O. The summed E-state index contributed by atoms with van der Waals surface area (Å²) in [4.78, 5) is 52.4. The molecule has 2 aromatic carbocycles. The second-order valence-corrected chi connectivity index (χ2v) is 8.54. The fraction of sp³-hybridized carbons (Fsp3) is 0.333. The van der Waals surface area contributed by atoms with Gasteiger partial charge in [-0.05, 0) is 61.7 Å². The number of amides is 3. The second-order valence-electron chi connectivity index (χ2n) is 8.14. The summed E-state index contributed by atoms with van der Waals surface area (Å²) in [5.41, 5.74) is 2.62. The molecule has 7 nitrogen and oxygen atoms in total. The van der Waals surface area contributed by atoms with E-state index >= 15 is 0 Å². The number of imide groups is 1. The zero-order chi connectivity index (χ0) is 23.0. The van der Waals surface area contributed by atoms with Gasteiger partial charge in [-0.1, -0.05) is 17.7 Å². The van der Waals surface area contributed by atoms with Crippen LogP contribution in [0.3, 0.4) is 0 Å². The molecular formula is C24H23ClN2O5. The van der Waals surface area contributed by atoms with Crippen LogP contribution < -0.4 is 14.5 Å². The van der Waals surface area contributed by atoms with Gasteiger partial charge in [0.15, 0.2) is 0 Å². The molecular weight excluding hydrogens is 432 g/mol. The molecule has 0 bridgehead atoms. The molecule has 0 aliphatic carbocycles. The van der Waals surface area contributed by atoms with Crippen LogP contribution in [0.25, 0.3) is 0 Å². The van der Waals surface area contributed by atoms with Crippen LogP contribution in [0, 0.1) is 19.8 Å². The van der Waals surface area contributed by atoms with Gasteiger partial charge in [0, 0.05) is 36.5 Å². The Morgan fingerprint density at radius 2 is 1.72 bits per heavy atom. The fourth-order valence-electron chi connectivity index (χ4n) is 4.15. The summed E-state index contributed by atoms with van der Waals surface area (Å²) < 4.78 is 5.53. The van der Waals surface area contributed by atoms with Gasteiger partial charge in [0.25, 0.3) is 0 Å². The summed E-state index contributed by atoms with van der Waals surface area (Å²) in [6, 6.07) is 10.1. The molecule has 2 aliphatic rings. The first-order chi connectivity index (χ1) is 15.3. The van der Waals surface area contributed by atoms with E-state index in [1.165, 1.54) is 4.90 Å². The number of piperidine rings is 1. The number of aryl methyl sites for hydroxylation is 1. The molecule has 4 rings (SSSR count). The van der Waals surface area contributed by atoms with E-state index < -0.39 is 11.9 Å². The van der Waals surface area contributed by atoms with Crippen LogP contribution in [0.4, 0.5) is 11.4 Å². The lowest BCUT2D eigenvalue weighted by atomic mass is 10.1. The van der Waals surface area contributed by atoms with Crippen molar-refractivity contribution in [1.82, 2.24) is 0 Å². The van der Waals surface area contributed by atoms with E-state index in [1.54, 1.807) is 48.2 Å². The van der Waals surface area contributed by atoms with Crippen LogP contribution in [0.15, 0.2) is 36.4 Å². The van der Waals surface area contributed by atoms with E-state index in [0.29, 0.717) is 47.0 Å². The number of benzene rings is 2. The fourth-order valence-corrected chi connectivity index (χ4v) is 4.32. The number of anilines is 2. The average molecular weight is 455 g/mol. The number of hydrogen-bond donors (Lipinski definition) is 0. The summed E-state index contributed by atoms with van der Waals surface area (Å²) in [5, 5.41) is 0.558. The number of halogens is 1. The first kappa shape index (κ1) is 22.0. The van der Waals surface area contributed by atoms with Gasteiger partial charge in [-0.2, -0.15) is 0 Å². The lowest BCUT2D eigenvalue weighted by Crippen LogP contribution is -2.40. The highest BCUT2D eigenvalue weighted by molar-refractivity contribution is 6.31. The van der Waals surface area contributed by atoms with Crippen molar-refractivity contribution in [3.8, 4) is 5.75 Å². The van der Waals surface area contributed by atoms with Crippen LogP contribution in [-0.2, 0) is 19.2 Å². The maximum absolute atomic E-state index is 12.7. The molecule has 0 aromatic heterocycles. The van der Waals surface area contributed by atoms with Crippen LogP contribution in [0.5, 0.6) is 5.75 Å². The summed E-state index contributed by atoms with van der Waals surface area (Å²) in [5.74, 6) is -1.42. The van der Waals surface area contributed by atoms with Crippen LogP contribution in [0.2, 0.25) is 5.02 Å². The minimum Gasteiger partial charge on any atom is -0.426 e. The molecule has 0 saturated carbocycles. The Balaban J connectivity index is 1.47. The maximum Gasteiger partial charge on any atom is 0.316 e. The van der Waals surface area contributed by atoms with Crippen molar-refractivity contribution in [2.45, 2.75) is 39.5 Å². The number of hydrogen-bond acceptors (Lipinski definition) is 5. The first-order valence-corrected chi connectivity index (χ1v) is 10.9. The summed E-state index contributed by atoms with van der Waals surface area (Å²) >= 11 is 6.17. The van der Waals surface area contributed by atoms with Gasteiger partial charge in [0.1, 0.15) is 5.75 Å². The van der Waals surface area contributed by atoms with Crippen molar-refractivity contribution in [1.29, 1.82) is 0 Å². The average Bonchev–Trinajstić information content (AvgIpc) is 3.13. The number of carbonyl (C=O) groups is 4. The molecule has 2 aromatic rings. The number of rotatable bonds is 4. The molecule has 2 heterocycles. The third kappa shape index (κ3) is 4.12. The Morgan fingerprint density at radius 3 is 2.41 bits per heavy atom. The third-order valence-electron chi connectivity index (χ3n) is 5.90. The standard InChI is InChI=1S/C24H23ClN2O5/c1-14-11-17(9-10-19(14)27-21(28)7-4-8-22(27)29)32-24(31)16-12-23(30)26(13-16)20-6-3-5-18(25)15(20)2/h3,5-6,9-11,16H,4,7-8,12-13H2,1-2H3/t16-/m1/s1. The van der Waals surface area contributed by atoms with E-state index in [2.05, 4.69) is 0 Å². The molecule has 0 unspecified atom stereocenters. The highest BCUT2D eigenvalue weighted by Gasteiger charge is 2.37. The Hall–Kier alpha value is -3.19. The van der Waals surface area contributed by atoms with Crippen molar-refractivity contribution < 1.29 is 23.9 Å². The molecule has 1 atom stereocenters. The molecule has 166 valence electrons. The van der Waals surface area contributed by atoms with Crippen LogP contribution in [0.1, 0.15) is 36.8 Å². The number of carbonyl (C=O) groups excluding carboxylic acids is 4. The zero-order valence-electron chi connectivity index (χ0n) is 17.9. The molecule has 0 radical (unpaired) electrons. The van der Waals surface area contributed by atoms with Crippen LogP contribution >= 0.6 is 11.6 Å². The van der Waals surface area contributed by atoms with Gasteiger partial charge in [-0.3, -0.25) is 24.1 Å². The van der Waals surface area contributed by atoms with Gasteiger partial charge >= 0.3 is 5.97 Å². The van der Waals surface area contributed by atoms with Crippen molar-refractivity contribution in [3.63, 3.8) is 0 Å². The summed E-state index contributed by atoms with van der Waals surface area (Å²) in [7, 11) is 0. The van der Waals surface area contributed by atoms with Gasteiger partial charge < -0.3 is 9.64 Å². The largest absolute Gasteiger partial charge is 0.426 e. The predicted molar refractivity (Wildman–Crippen MR) is 120 cm³/mol. The molecule has 32 heavy (non-hydrogen) atoms. The zero-order valence-corrected chi connectivity index (χ0v) is 18.6. The topological polar surface area (TPSA) is 84.0 Å². The van der Waals surface area contributed by atoms with Crippen molar-refractivity contribution in [2.24, 2.45) is 5.92 Å². The van der Waals surface area contributed by atoms with Gasteiger partial charge in [0.2, 0.25) is 17.7 Å². The molecule has 2 aliphatic heterocycles. The van der Waals surface area contributed by atoms with Gasteiger partial charge in [-0.25, -0.2) is 0 Å². The number of ether oxygens (including phenoxy) is 1. The minimum atomic E-state index is -0.605. The molecule has 2 fully saturated rings. The van der Waals surface area contributed by atoms with Crippen LogP contribution in [-0.4, -0.2) is 30.2 Å². The maximum atomic E-state index is 12.7. The molecule has 2 saturated heterocycles. The second kappa shape index (κ2) is 8.74. The minimum absolute atomic E-state index is 0.0542. The molecule has 0 spiro atoms. The smallest absolute Gasteiger partial charge is 0.316 e. The monoisotopic (exact) mass is 454 g/mol. The lowest BCUT2D eigenvalue weighted by Gasteiger charge is -2.26. The highest BCUT2D eigenvalue weighted by atomic mass is 35.5. The molecule has 3 amide bonds. The Bertz CT molecular complexity index is 1110. The Kier molecular flexibility index (Phi) is 6.02. The summed E-state index contributed by atoms with van der Waals surface area (Å²) in [6.07, 6.45) is 1.29. The third-order valence-corrected chi connectivity index (χ3v) is 6.31.